The monoisotopic (exact) mass is 395 g/mol. The van der Waals surface area contributed by atoms with Gasteiger partial charge in [0.05, 0.1) is 17.6 Å². The first-order chi connectivity index (χ1) is 13.7. The molecule has 4 rings (SSSR count). The van der Waals surface area contributed by atoms with Crippen LogP contribution in [0.1, 0.15) is 5.56 Å². The third-order valence-electron chi connectivity index (χ3n) is 5.08. The molecule has 0 unspecified atom stereocenters. The van der Waals surface area contributed by atoms with Crippen LogP contribution in [0.5, 0.6) is 0 Å². The molecule has 28 heavy (non-hydrogen) atoms. The Morgan fingerprint density at radius 3 is 2.39 bits per heavy atom. The lowest BCUT2D eigenvalue weighted by molar-refractivity contribution is 0.261. The van der Waals surface area contributed by atoms with Crippen molar-refractivity contribution in [2.75, 3.05) is 37.6 Å². The van der Waals surface area contributed by atoms with Crippen LogP contribution in [0.25, 0.3) is 5.69 Å². The summed E-state index contributed by atoms with van der Waals surface area (Å²) in [5.41, 5.74) is 2.44. The van der Waals surface area contributed by atoms with Crippen LogP contribution in [0.4, 0.5) is 5.69 Å². The predicted molar refractivity (Wildman–Crippen MR) is 111 cm³/mol. The highest BCUT2D eigenvalue weighted by molar-refractivity contribution is 6.33. The minimum absolute atomic E-state index is 0.226. The molecule has 0 radical (unpaired) electrons. The average Bonchev–Trinajstić information content (AvgIpc) is 2.76. The Morgan fingerprint density at radius 1 is 0.964 bits per heavy atom. The summed E-state index contributed by atoms with van der Waals surface area (Å²) in [5.74, 6) is 0. The van der Waals surface area contributed by atoms with E-state index in [1.807, 2.05) is 42.7 Å². The van der Waals surface area contributed by atoms with Gasteiger partial charge in [-0.15, -0.1) is 0 Å². The second-order valence-corrected chi connectivity index (χ2v) is 7.21. The van der Waals surface area contributed by atoms with E-state index in [0.29, 0.717) is 11.4 Å². The molecule has 2 aromatic heterocycles. The third-order valence-corrected chi connectivity index (χ3v) is 5.44. The van der Waals surface area contributed by atoms with Gasteiger partial charge in [0.25, 0.3) is 5.56 Å². The first kappa shape index (κ1) is 18.7. The maximum Gasteiger partial charge on any atom is 0.292 e. The molecule has 0 N–H and O–H groups in total. The van der Waals surface area contributed by atoms with Crippen LogP contribution in [0.2, 0.25) is 5.02 Å². The third kappa shape index (κ3) is 4.08. The van der Waals surface area contributed by atoms with Gasteiger partial charge >= 0.3 is 0 Å². The molecule has 1 fully saturated rings. The fourth-order valence-corrected chi connectivity index (χ4v) is 3.70. The SMILES string of the molecule is O=c1c(Cl)c(N2CCN(CCc3ccncc3)CC2)cnn1-c1ccccc1. The molecule has 0 spiro atoms. The summed E-state index contributed by atoms with van der Waals surface area (Å²) in [7, 11) is 0. The van der Waals surface area contributed by atoms with Gasteiger partial charge in [-0.3, -0.25) is 14.7 Å². The van der Waals surface area contributed by atoms with Crippen molar-refractivity contribution in [3.05, 3.63) is 82.0 Å². The summed E-state index contributed by atoms with van der Waals surface area (Å²) >= 11 is 6.42. The van der Waals surface area contributed by atoms with Gasteiger partial charge < -0.3 is 4.90 Å². The Bertz CT molecular complexity index is 969. The predicted octanol–water partition coefficient (Wildman–Crippen LogP) is 2.65. The molecule has 1 aromatic carbocycles. The Hall–Kier alpha value is -2.70. The highest BCUT2D eigenvalue weighted by Crippen LogP contribution is 2.23. The molecule has 6 nitrogen and oxygen atoms in total. The lowest BCUT2D eigenvalue weighted by Crippen LogP contribution is -2.47. The van der Waals surface area contributed by atoms with E-state index in [-0.39, 0.29) is 10.6 Å². The molecule has 7 heteroatoms. The van der Waals surface area contributed by atoms with Crippen molar-refractivity contribution >= 4 is 17.3 Å². The number of anilines is 1. The average molecular weight is 396 g/mol. The molecule has 0 bridgehead atoms. The molecule has 3 aromatic rings. The topological polar surface area (TPSA) is 54.3 Å². The van der Waals surface area contributed by atoms with Crippen molar-refractivity contribution in [3.8, 4) is 5.69 Å². The fraction of sp³-hybridized carbons (Fsp3) is 0.286. The summed E-state index contributed by atoms with van der Waals surface area (Å²) in [6.45, 7) is 4.53. The van der Waals surface area contributed by atoms with Crippen molar-refractivity contribution in [3.63, 3.8) is 0 Å². The number of aromatic nitrogens is 3. The molecule has 1 saturated heterocycles. The molecule has 0 amide bonds. The van der Waals surface area contributed by atoms with Gasteiger partial charge in [0.1, 0.15) is 5.02 Å². The van der Waals surface area contributed by atoms with Gasteiger partial charge in [0.15, 0.2) is 0 Å². The second kappa shape index (κ2) is 8.54. The van der Waals surface area contributed by atoms with E-state index in [1.165, 1.54) is 10.2 Å². The van der Waals surface area contributed by atoms with Gasteiger partial charge in [-0.1, -0.05) is 29.8 Å². The number of hydrogen-bond donors (Lipinski definition) is 0. The lowest BCUT2D eigenvalue weighted by Gasteiger charge is -2.36. The fourth-order valence-electron chi connectivity index (χ4n) is 3.45. The Kier molecular flexibility index (Phi) is 5.69. The number of para-hydroxylation sites is 1. The van der Waals surface area contributed by atoms with E-state index in [0.717, 1.165) is 39.1 Å². The smallest absolute Gasteiger partial charge is 0.292 e. The minimum Gasteiger partial charge on any atom is -0.366 e. The summed E-state index contributed by atoms with van der Waals surface area (Å²) < 4.78 is 1.34. The summed E-state index contributed by atoms with van der Waals surface area (Å²) in [5, 5.41) is 4.56. The Balaban J connectivity index is 1.41. The van der Waals surface area contributed by atoms with E-state index < -0.39 is 0 Å². The Morgan fingerprint density at radius 2 is 1.68 bits per heavy atom. The van der Waals surface area contributed by atoms with Gasteiger partial charge in [-0.2, -0.15) is 9.78 Å². The molecule has 3 heterocycles. The van der Waals surface area contributed by atoms with E-state index in [2.05, 4.69) is 32.0 Å². The molecule has 144 valence electrons. The number of pyridine rings is 1. The number of benzene rings is 1. The molecular weight excluding hydrogens is 374 g/mol. The van der Waals surface area contributed by atoms with Crippen LogP contribution in [0.3, 0.4) is 0 Å². The lowest BCUT2D eigenvalue weighted by atomic mass is 10.2. The quantitative estimate of drug-likeness (QED) is 0.664. The highest BCUT2D eigenvalue weighted by atomic mass is 35.5. The molecule has 1 aliphatic heterocycles. The van der Waals surface area contributed by atoms with Crippen molar-refractivity contribution in [1.82, 2.24) is 19.7 Å². The minimum atomic E-state index is -0.287. The number of halogens is 1. The first-order valence-corrected chi connectivity index (χ1v) is 9.79. The zero-order valence-electron chi connectivity index (χ0n) is 15.5. The summed E-state index contributed by atoms with van der Waals surface area (Å²) in [6.07, 6.45) is 6.38. The van der Waals surface area contributed by atoms with E-state index >= 15 is 0 Å². The first-order valence-electron chi connectivity index (χ1n) is 9.42. The van der Waals surface area contributed by atoms with Crippen LogP contribution >= 0.6 is 11.6 Å². The van der Waals surface area contributed by atoms with Crippen LogP contribution in [-0.2, 0) is 6.42 Å². The Labute approximate surface area is 169 Å². The maximum atomic E-state index is 12.7. The molecule has 0 aliphatic carbocycles. The summed E-state index contributed by atoms with van der Waals surface area (Å²) in [4.78, 5) is 21.3. The highest BCUT2D eigenvalue weighted by Gasteiger charge is 2.21. The number of nitrogens with zero attached hydrogens (tertiary/aromatic N) is 5. The van der Waals surface area contributed by atoms with Gasteiger partial charge in [0.2, 0.25) is 0 Å². The van der Waals surface area contributed by atoms with Crippen LogP contribution in [-0.4, -0.2) is 52.4 Å². The van der Waals surface area contributed by atoms with E-state index in [1.54, 1.807) is 6.20 Å². The molecule has 1 aliphatic rings. The molecule has 0 saturated carbocycles. The van der Waals surface area contributed by atoms with Crippen molar-refractivity contribution < 1.29 is 0 Å². The normalized spacial score (nSPS) is 15.0. The maximum absolute atomic E-state index is 12.7. The van der Waals surface area contributed by atoms with Crippen LogP contribution < -0.4 is 10.5 Å². The van der Waals surface area contributed by atoms with Crippen LogP contribution in [0, 0.1) is 0 Å². The zero-order valence-corrected chi connectivity index (χ0v) is 16.3. The van der Waals surface area contributed by atoms with Gasteiger partial charge in [-0.05, 0) is 36.2 Å². The summed E-state index contributed by atoms with van der Waals surface area (Å²) in [6, 6.07) is 13.4. The number of rotatable bonds is 5. The van der Waals surface area contributed by atoms with Gasteiger partial charge in [0, 0.05) is 45.1 Å². The van der Waals surface area contributed by atoms with Crippen molar-refractivity contribution in [2.24, 2.45) is 0 Å². The van der Waals surface area contributed by atoms with Crippen molar-refractivity contribution in [1.29, 1.82) is 0 Å². The van der Waals surface area contributed by atoms with Gasteiger partial charge in [-0.25, -0.2) is 0 Å². The van der Waals surface area contributed by atoms with E-state index in [9.17, 15) is 4.79 Å². The standard InChI is InChI=1S/C21H22ClN5O/c22-20-19(16-24-27(21(20)28)18-4-2-1-3-5-18)26-14-12-25(13-15-26)11-8-17-6-9-23-10-7-17/h1-7,9-10,16H,8,11-15H2. The van der Waals surface area contributed by atoms with E-state index in [4.69, 9.17) is 11.6 Å². The van der Waals surface area contributed by atoms with Crippen molar-refractivity contribution in [2.45, 2.75) is 6.42 Å². The number of piperazine rings is 1. The second-order valence-electron chi connectivity index (χ2n) is 6.83. The number of hydrogen-bond acceptors (Lipinski definition) is 5. The molecular formula is C21H22ClN5O. The molecule has 0 atom stereocenters. The zero-order chi connectivity index (χ0) is 19.3. The largest absolute Gasteiger partial charge is 0.366 e. The van der Waals surface area contributed by atoms with Crippen LogP contribution in [0.15, 0.2) is 65.8 Å².